The highest BCUT2D eigenvalue weighted by Crippen LogP contribution is 2.34. The van der Waals surface area contributed by atoms with E-state index in [2.05, 4.69) is 43.0 Å². The van der Waals surface area contributed by atoms with E-state index in [1.54, 1.807) is 0 Å². The number of ether oxygens (including phenoxy) is 1. The van der Waals surface area contributed by atoms with Crippen LogP contribution >= 0.6 is 0 Å². The maximum Gasteiger partial charge on any atom is 0.119 e. The van der Waals surface area contributed by atoms with Gasteiger partial charge < -0.3 is 4.74 Å². The molecule has 1 aliphatic carbocycles. The topological polar surface area (TPSA) is 9.23 Å². The van der Waals surface area contributed by atoms with E-state index in [1.807, 2.05) is 31.2 Å². The average molecular weight is 403 g/mol. The van der Waals surface area contributed by atoms with Gasteiger partial charge in [-0.3, -0.25) is 0 Å². The second-order valence-electron chi connectivity index (χ2n) is 8.83. The van der Waals surface area contributed by atoms with Crippen LogP contribution in [-0.2, 0) is 6.42 Å². The van der Waals surface area contributed by atoms with Gasteiger partial charge in [0.2, 0.25) is 0 Å². The van der Waals surface area contributed by atoms with E-state index in [9.17, 15) is 0 Å². The third-order valence-corrected chi connectivity index (χ3v) is 6.49. The molecule has 0 spiro atoms. The van der Waals surface area contributed by atoms with Gasteiger partial charge in [0.05, 0.1) is 6.61 Å². The molecule has 0 unspecified atom stereocenters. The first-order chi connectivity index (χ1) is 14.8. The van der Waals surface area contributed by atoms with Gasteiger partial charge in [-0.05, 0) is 73.6 Å². The van der Waals surface area contributed by atoms with Crippen LogP contribution in [-0.4, -0.2) is 6.61 Å². The first kappa shape index (κ1) is 22.5. The predicted molar refractivity (Wildman–Crippen MR) is 128 cm³/mol. The quantitative estimate of drug-likeness (QED) is 0.307. The molecule has 0 aliphatic heterocycles. The highest BCUT2D eigenvalue weighted by molar-refractivity contribution is 5.44. The van der Waals surface area contributed by atoms with Crippen molar-refractivity contribution in [2.75, 3.05) is 6.61 Å². The van der Waals surface area contributed by atoms with Crippen LogP contribution in [0.5, 0.6) is 5.75 Å². The molecule has 0 bridgehead atoms. The fourth-order valence-electron chi connectivity index (χ4n) is 4.56. The summed E-state index contributed by atoms with van der Waals surface area (Å²) in [6.07, 6.45) is 14.1. The van der Waals surface area contributed by atoms with Crippen molar-refractivity contribution in [2.24, 2.45) is 11.8 Å². The van der Waals surface area contributed by atoms with Crippen LogP contribution < -0.4 is 4.74 Å². The number of benzene rings is 2. The number of unbranched alkanes of at least 4 members (excludes halogenated alkanes) is 2. The molecule has 1 fully saturated rings. The molecule has 0 radical (unpaired) electrons. The van der Waals surface area contributed by atoms with Gasteiger partial charge in [0, 0.05) is 11.1 Å². The average Bonchev–Trinajstić information content (AvgIpc) is 2.79. The molecule has 0 heterocycles. The number of hydrogen-bond donors (Lipinski definition) is 0. The van der Waals surface area contributed by atoms with Crippen molar-refractivity contribution >= 4 is 0 Å². The van der Waals surface area contributed by atoms with E-state index in [4.69, 9.17) is 4.74 Å². The molecule has 0 N–H and O–H groups in total. The van der Waals surface area contributed by atoms with Crippen molar-refractivity contribution in [3.63, 3.8) is 0 Å². The van der Waals surface area contributed by atoms with E-state index in [-0.39, 0.29) is 0 Å². The Morgan fingerprint density at radius 3 is 1.87 bits per heavy atom. The molecular formula is C29H38O. The molecule has 30 heavy (non-hydrogen) atoms. The number of aryl methyl sites for hydroxylation is 1. The third-order valence-electron chi connectivity index (χ3n) is 6.49. The lowest BCUT2D eigenvalue weighted by atomic mass is 9.78. The fraction of sp³-hybridized carbons (Fsp3) is 0.517. The summed E-state index contributed by atoms with van der Waals surface area (Å²) in [7, 11) is 0. The molecule has 0 amide bonds. The molecule has 2 aromatic rings. The van der Waals surface area contributed by atoms with Crippen LogP contribution in [0.3, 0.4) is 0 Å². The van der Waals surface area contributed by atoms with Gasteiger partial charge in [0.15, 0.2) is 0 Å². The Morgan fingerprint density at radius 2 is 1.30 bits per heavy atom. The Hall–Kier alpha value is -2.20. The van der Waals surface area contributed by atoms with Gasteiger partial charge in [0.1, 0.15) is 5.75 Å². The highest BCUT2D eigenvalue weighted by Gasteiger charge is 2.20. The lowest BCUT2D eigenvalue weighted by Crippen LogP contribution is -2.15. The lowest BCUT2D eigenvalue weighted by Gasteiger charge is -2.28. The molecule has 3 rings (SSSR count). The van der Waals surface area contributed by atoms with Crippen molar-refractivity contribution in [3.05, 3.63) is 65.2 Å². The van der Waals surface area contributed by atoms with E-state index >= 15 is 0 Å². The Labute approximate surface area is 184 Å². The largest absolute Gasteiger partial charge is 0.494 e. The van der Waals surface area contributed by atoms with Crippen LogP contribution in [0.1, 0.15) is 88.3 Å². The summed E-state index contributed by atoms with van der Waals surface area (Å²) in [5, 5.41) is 0. The van der Waals surface area contributed by atoms with Crippen molar-refractivity contribution in [1.82, 2.24) is 0 Å². The minimum Gasteiger partial charge on any atom is -0.494 e. The molecule has 2 aromatic carbocycles. The monoisotopic (exact) mass is 402 g/mol. The van der Waals surface area contributed by atoms with Gasteiger partial charge in [-0.25, -0.2) is 0 Å². The Kier molecular flexibility index (Phi) is 9.36. The van der Waals surface area contributed by atoms with Crippen LogP contribution in [0.25, 0.3) is 0 Å². The molecular weight excluding hydrogens is 364 g/mol. The molecule has 1 aliphatic rings. The third kappa shape index (κ3) is 7.56. The first-order valence-corrected chi connectivity index (χ1v) is 12.1. The maximum absolute atomic E-state index is 5.48. The van der Waals surface area contributed by atoms with E-state index in [0.717, 1.165) is 28.7 Å². The van der Waals surface area contributed by atoms with Gasteiger partial charge in [-0.15, -0.1) is 0 Å². The van der Waals surface area contributed by atoms with Crippen LogP contribution in [0.4, 0.5) is 0 Å². The van der Waals surface area contributed by atoms with Crippen LogP contribution in [0.15, 0.2) is 48.5 Å². The number of rotatable bonds is 9. The van der Waals surface area contributed by atoms with Gasteiger partial charge in [-0.2, -0.15) is 0 Å². The summed E-state index contributed by atoms with van der Waals surface area (Å²) in [4.78, 5) is 0. The molecule has 1 saturated carbocycles. The predicted octanol–water partition coefficient (Wildman–Crippen LogP) is 7.80. The summed E-state index contributed by atoms with van der Waals surface area (Å²) < 4.78 is 5.48. The van der Waals surface area contributed by atoms with Gasteiger partial charge >= 0.3 is 0 Å². The van der Waals surface area contributed by atoms with Crippen molar-refractivity contribution in [2.45, 2.75) is 78.1 Å². The summed E-state index contributed by atoms with van der Waals surface area (Å²) in [5.74, 6) is 9.38. The summed E-state index contributed by atoms with van der Waals surface area (Å²) in [5.41, 5.74) is 3.56. The summed E-state index contributed by atoms with van der Waals surface area (Å²) >= 11 is 0. The molecule has 1 heteroatoms. The Bertz CT molecular complexity index is 783. The Balaban J connectivity index is 1.41. The van der Waals surface area contributed by atoms with E-state index in [0.29, 0.717) is 6.61 Å². The zero-order valence-electron chi connectivity index (χ0n) is 19.0. The van der Waals surface area contributed by atoms with Crippen molar-refractivity contribution in [1.29, 1.82) is 0 Å². The van der Waals surface area contributed by atoms with E-state index in [1.165, 1.54) is 69.8 Å². The molecule has 0 saturated heterocycles. The van der Waals surface area contributed by atoms with Gasteiger partial charge in [0.25, 0.3) is 0 Å². The maximum atomic E-state index is 5.48. The lowest BCUT2D eigenvalue weighted by molar-refractivity contribution is 0.249. The fourth-order valence-corrected chi connectivity index (χ4v) is 4.56. The molecule has 0 aromatic heterocycles. The van der Waals surface area contributed by atoms with Crippen LogP contribution in [0.2, 0.25) is 0 Å². The SMILES string of the molecule is CCCCC[C@H]1CC[C@H](CCc2ccc(C#Cc3ccc(OCC)cc3)cc2)CC1. The van der Waals surface area contributed by atoms with Crippen LogP contribution in [0, 0.1) is 23.7 Å². The van der Waals surface area contributed by atoms with E-state index < -0.39 is 0 Å². The Morgan fingerprint density at radius 1 is 0.733 bits per heavy atom. The molecule has 160 valence electrons. The second-order valence-corrected chi connectivity index (χ2v) is 8.83. The standard InChI is InChI=1S/C29H38O/c1-3-5-6-7-24-8-10-25(11-9-24)12-13-26-14-16-27(17-15-26)18-19-28-20-22-29(23-21-28)30-4-2/h14-17,20-25H,3-13H2,1-2H3/t24-,25-. The van der Waals surface area contributed by atoms with Crippen molar-refractivity contribution < 1.29 is 4.74 Å². The normalized spacial score (nSPS) is 18.5. The molecule has 0 atom stereocenters. The van der Waals surface area contributed by atoms with Gasteiger partial charge in [-0.1, -0.05) is 82.3 Å². The summed E-state index contributed by atoms with van der Waals surface area (Å²) in [6.45, 7) is 4.99. The molecule has 1 nitrogen and oxygen atoms in total. The minimum absolute atomic E-state index is 0.692. The zero-order valence-corrected chi connectivity index (χ0v) is 19.0. The highest BCUT2D eigenvalue weighted by atomic mass is 16.5. The summed E-state index contributed by atoms with van der Waals surface area (Å²) in [6, 6.07) is 16.9. The smallest absolute Gasteiger partial charge is 0.119 e. The zero-order chi connectivity index (χ0) is 21.0. The van der Waals surface area contributed by atoms with Crippen molar-refractivity contribution in [3.8, 4) is 17.6 Å². The number of hydrogen-bond acceptors (Lipinski definition) is 1. The first-order valence-electron chi connectivity index (χ1n) is 12.1. The minimum atomic E-state index is 0.692. The second kappa shape index (κ2) is 12.5.